The quantitative estimate of drug-likeness (QED) is 0.661. The van der Waals surface area contributed by atoms with Crippen LogP contribution in [0.3, 0.4) is 0 Å². The first-order chi connectivity index (χ1) is 6.27. The third kappa shape index (κ3) is 7.98. The van der Waals surface area contributed by atoms with Crippen molar-refractivity contribution in [1.82, 2.24) is 9.44 Å². The van der Waals surface area contributed by atoms with E-state index < -0.39 is 15.7 Å². The van der Waals surface area contributed by atoms with Gasteiger partial charge in [0.1, 0.15) is 0 Å². The minimum atomic E-state index is -3.43. The van der Waals surface area contributed by atoms with Crippen LogP contribution in [-0.4, -0.2) is 20.5 Å². The molecule has 14 heavy (non-hydrogen) atoms. The Balaban J connectivity index is 3.93. The summed E-state index contributed by atoms with van der Waals surface area (Å²) in [5.74, 6) is 0. The van der Waals surface area contributed by atoms with Crippen molar-refractivity contribution in [3.8, 4) is 6.07 Å². The second-order valence-corrected chi connectivity index (χ2v) is 5.51. The Morgan fingerprint density at radius 2 is 1.93 bits per heavy atom. The summed E-state index contributed by atoms with van der Waals surface area (Å²) in [5.41, 5.74) is -0.485. The summed E-state index contributed by atoms with van der Waals surface area (Å²) in [6.07, 6.45) is 0.888. The van der Waals surface area contributed by atoms with E-state index in [1.807, 2.05) is 6.07 Å². The van der Waals surface area contributed by atoms with Crippen LogP contribution in [0.15, 0.2) is 0 Å². The smallest absolute Gasteiger partial charge is 0.202 e. The Morgan fingerprint density at radius 1 is 1.36 bits per heavy atom. The van der Waals surface area contributed by atoms with Crippen LogP contribution in [0.4, 0.5) is 0 Å². The summed E-state index contributed by atoms with van der Waals surface area (Å²) in [6.45, 7) is 5.59. The zero-order valence-corrected chi connectivity index (χ0v) is 9.61. The maximum atomic E-state index is 11.3. The number of unbranched alkanes of at least 4 members (excludes halogenated alkanes) is 1. The van der Waals surface area contributed by atoms with Crippen molar-refractivity contribution >= 4 is 10.2 Å². The van der Waals surface area contributed by atoms with Crippen molar-refractivity contribution in [2.75, 3.05) is 6.54 Å². The van der Waals surface area contributed by atoms with Crippen LogP contribution in [0.2, 0.25) is 0 Å². The lowest BCUT2D eigenvalue weighted by molar-refractivity contribution is 0.483. The van der Waals surface area contributed by atoms with E-state index in [1.54, 1.807) is 20.8 Å². The molecule has 0 amide bonds. The molecule has 0 heterocycles. The van der Waals surface area contributed by atoms with Crippen molar-refractivity contribution in [1.29, 1.82) is 5.26 Å². The summed E-state index contributed by atoms with van der Waals surface area (Å²) in [7, 11) is -3.43. The normalized spacial score (nSPS) is 12.4. The van der Waals surface area contributed by atoms with Gasteiger partial charge in [0.25, 0.3) is 10.2 Å². The number of hydrogen-bond donors (Lipinski definition) is 2. The van der Waals surface area contributed by atoms with Gasteiger partial charge in [-0.3, -0.25) is 0 Å². The Morgan fingerprint density at radius 3 is 2.36 bits per heavy atom. The lowest BCUT2D eigenvalue weighted by atomic mass is 10.1. The highest BCUT2D eigenvalue weighted by Crippen LogP contribution is 2.00. The minimum Gasteiger partial charge on any atom is -0.202 e. The van der Waals surface area contributed by atoms with Gasteiger partial charge >= 0.3 is 0 Å². The zero-order valence-electron chi connectivity index (χ0n) is 8.79. The number of rotatable bonds is 5. The van der Waals surface area contributed by atoms with Crippen LogP contribution in [0.5, 0.6) is 0 Å². The molecule has 0 spiro atoms. The lowest BCUT2D eigenvalue weighted by Crippen LogP contribution is -2.47. The fourth-order valence-corrected chi connectivity index (χ4v) is 2.10. The van der Waals surface area contributed by atoms with Gasteiger partial charge in [-0.15, -0.1) is 0 Å². The molecular weight excluding hydrogens is 202 g/mol. The molecule has 0 aliphatic heterocycles. The summed E-state index contributed by atoms with van der Waals surface area (Å²) in [6, 6.07) is 1.95. The van der Waals surface area contributed by atoms with Gasteiger partial charge in [0, 0.05) is 18.5 Å². The molecule has 0 aromatic carbocycles. The first-order valence-electron chi connectivity index (χ1n) is 4.42. The van der Waals surface area contributed by atoms with Gasteiger partial charge in [0.15, 0.2) is 0 Å². The van der Waals surface area contributed by atoms with Gasteiger partial charge in [-0.2, -0.15) is 18.4 Å². The SMILES string of the molecule is CC(C)(C)NS(=O)(=O)NCCCC#N. The topological polar surface area (TPSA) is 82.0 Å². The van der Waals surface area contributed by atoms with Crippen molar-refractivity contribution in [3.63, 3.8) is 0 Å². The van der Waals surface area contributed by atoms with Crippen LogP contribution < -0.4 is 9.44 Å². The van der Waals surface area contributed by atoms with Crippen LogP contribution in [-0.2, 0) is 10.2 Å². The summed E-state index contributed by atoms with van der Waals surface area (Å²) < 4.78 is 27.4. The minimum absolute atomic E-state index is 0.291. The van der Waals surface area contributed by atoms with Crippen molar-refractivity contribution < 1.29 is 8.42 Å². The second kappa shape index (κ2) is 5.29. The van der Waals surface area contributed by atoms with E-state index in [4.69, 9.17) is 5.26 Å². The highest BCUT2D eigenvalue weighted by Gasteiger charge is 2.18. The molecule has 0 saturated carbocycles. The Labute approximate surface area is 85.7 Å². The van der Waals surface area contributed by atoms with Crippen LogP contribution in [0.1, 0.15) is 33.6 Å². The average molecular weight is 219 g/mol. The summed E-state index contributed by atoms with van der Waals surface area (Å²) in [4.78, 5) is 0. The fraction of sp³-hybridized carbons (Fsp3) is 0.875. The number of nitrogens with one attached hydrogen (secondary N) is 2. The lowest BCUT2D eigenvalue weighted by Gasteiger charge is -2.20. The highest BCUT2D eigenvalue weighted by atomic mass is 32.2. The van der Waals surface area contributed by atoms with Crippen molar-refractivity contribution in [3.05, 3.63) is 0 Å². The Bertz CT molecular complexity index is 298. The van der Waals surface area contributed by atoms with Gasteiger partial charge in [0.2, 0.25) is 0 Å². The average Bonchev–Trinajstić information content (AvgIpc) is 1.93. The van der Waals surface area contributed by atoms with Gasteiger partial charge in [0.05, 0.1) is 6.07 Å². The first kappa shape index (κ1) is 13.4. The molecule has 5 nitrogen and oxygen atoms in total. The van der Waals surface area contributed by atoms with Crippen LogP contribution in [0, 0.1) is 11.3 Å². The van der Waals surface area contributed by atoms with Crippen LogP contribution >= 0.6 is 0 Å². The molecule has 0 aliphatic carbocycles. The predicted molar refractivity (Wildman–Crippen MR) is 54.7 cm³/mol. The molecule has 0 radical (unpaired) electrons. The molecule has 82 valence electrons. The number of hydrogen-bond acceptors (Lipinski definition) is 3. The number of nitriles is 1. The Kier molecular flexibility index (Phi) is 5.05. The fourth-order valence-electron chi connectivity index (χ4n) is 0.813. The van der Waals surface area contributed by atoms with Gasteiger partial charge in [-0.05, 0) is 27.2 Å². The predicted octanol–water partition coefficient (Wildman–Crippen LogP) is 0.513. The van der Waals surface area contributed by atoms with E-state index in [-0.39, 0.29) is 0 Å². The van der Waals surface area contributed by atoms with E-state index in [1.165, 1.54) is 0 Å². The highest BCUT2D eigenvalue weighted by molar-refractivity contribution is 7.87. The molecule has 2 N–H and O–H groups in total. The molecule has 0 aromatic heterocycles. The second-order valence-electron chi connectivity index (χ2n) is 4.01. The van der Waals surface area contributed by atoms with Gasteiger partial charge in [-0.1, -0.05) is 0 Å². The summed E-state index contributed by atoms with van der Waals surface area (Å²) >= 11 is 0. The third-order valence-corrected chi connectivity index (χ3v) is 2.66. The van der Waals surface area contributed by atoms with Crippen molar-refractivity contribution in [2.45, 2.75) is 39.2 Å². The third-order valence-electron chi connectivity index (χ3n) is 1.20. The van der Waals surface area contributed by atoms with Gasteiger partial charge < -0.3 is 0 Å². The molecule has 0 rings (SSSR count). The molecule has 0 unspecified atom stereocenters. The maximum Gasteiger partial charge on any atom is 0.277 e. The Hall–Kier alpha value is -0.640. The van der Waals surface area contributed by atoms with E-state index in [2.05, 4.69) is 9.44 Å². The zero-order chi connectivity index (χ0) is 11.2. The first-order valence-corrected chi connectivity index (χ1v) is 5.91. The van der Waals surface area contributed by atoms with E-state index >= 15 is 0 Å². The largest absolute Gasteiger partial charge is 0.277 e. The molecule has 0 saturated heterocycles. The summed E-state index contributed by atoms with van der Waals surface area (Å²) in [5, 5.41) is 8.24. The van der Waals surface area contributed by atoms with E-state index in [0.717, 1.165) is 0 Å². The van der Waals surface area contributed by atoms with E-state index in [9.17, 15) is 8.42 Å². The molecular formula is C8H17N3O2S. The maximum absolute atomic E-state index is 11.3. The molecule has 0 fully saturated rings. The molecule has 0 aromatic rings. The monoisotopic (exact) mass is 219 g/mol. The molecule has 0 aliphatic rings. The standard InChI is InChI=1S/C8H17N3O2S/c1-8(2,3)11-14(12,13)10-7-5-4-6-9/h10-11H,4-5,7H2,1-3H3. The van der Waals surface area contributed by atoms with Crippen LogP contribution in [0.25, 0.3) is 0 Å². The molecule has 0 atom stereocenters. The van der Waals surface area contributed by atoms with Crippen molar-refractivity contribution in [2.24, 2.45) is 0 Å². The molecule has 0 bridgehead atoms. The van der Waals surface area contributed by atoms with Gasteiger partial charge in [-0.25, -0.2) is 4.72 Å². The number of nitrogens with zero attached hydrogens (tertiary/aromatic N) is 1. The van der Waals surface area contributed by atoms with E-state index in [0.29, 0.717) is 19.4 Å². The molecule has 6 heteroatoms.